The van der Waals surface area contributed by atoms with Crippen molar-refractivity contribution in [1.82, 2.24) is 15.2 Å². The van der Waals surface area contributed by atoms with Gasteiger partial charge in [-0.15, -0.1) is 0 Å². The van der Waals surface area contributed by atoms with Gasteiger partial charge in [0, 0.05) is 5.56 Å². The molecule has 4 amide bonds. The maximum absolute atomic E-state index is 11.9. The van der Waals surface area contributed by atoms with E-state index in [4.69, 9.17) is 0 Å². The second-order valence-electron chi connectivity index (χ2n) is 4.21. The predicted octanol–water partition coefficient (Wildman–Crippen LogP) is -0.177. The highest BCUT2D eigenvalue weighted by molar-refractivity contribution is 6.02. The van der Waals surface area contributed by atoms with Crippen LogP contribution in [0.1, 0.15) is 10.4 Å². The average molecular weight is 288 g/mol. The molecular weight excluding hydrogens is 276 g/mol. The van der Waals surface area contributed by atoms with Gasteiger partial charge in [0.15, 0.2) is 5.78 Å². The fraction of sp³-hybridized carbons (Fsp3) is 0.154. The predicted molar refractivity (Wildman–Crippen MR) is 72.3 cm³/mol. The molecule has 8 heteroatoms. The molecule has 1 saturated heterocycles. The highest BCUT2D eigenvalue weighted by atomic mass is 16.2. The van der Waals surface area contributed by atoms with E-state index in [1.807, 2.05) is 5.32 Å². The van der Waals surface area contributed by atoms with Crippen LogP contribution in [0.2, 0.25) is 0 Å². The normalized spacial score (nSPS) is 14.4. The molecule has 0 atom stereocenters. The smallest absolute Gasteiger partial charge is 0.296 e. The lowest BCUT2D eigenvalue weighted by Crippen LogP contribution is -2.30. The van der Waals surface area contributed by atoms with E-state index in [0.717, 1.165) is 16.2 Å². The van der Waals surface area contributed by atoms with Crippen LogP contribution in [-0.4, -0.2) is 53.5 Å². The number of benzene rings is 1. The molecule has 0 radical (unpaired) electrons. The molecule has 21 heavy (non-hydrogen) atoms. The number of nitrogens with zero attached hydrogens (tertiary/aromatic N) is 3. The van der Waals surface area contributed by atoms with E-state index < -0.39 is 11.9 Å². The molecule has 0 saturated carbocycles. The second-order valence-corrected chi connectivity index (χ2v) is 4.21. The Morgan fingerprint density at radius 2 is 2.05 bits per heavy atom. The van der Waals surface area contributed by atoms with Crippen molar-refractivity contribution in [3.05, 3.63) is 35.9 Å². The number of rotatable bonds is 6. The van der Waals surface area contributed by atoms with Gasteiger partial charge in [-0.05, 0) is 0 Å². The molecule has 108 valence electrons. The minimum absolute atomic E-state index is 0.208. The van der Waals surface area contributed by atoms with Crippen molar-refractivity contribution in [2.45, 2.75) is 0 Å². The summed E-state index contributed by atoms with van der Waals surface area (Å²) in [4.78, 5) is 46.0. The van der Waals surface area contributed by atoms with Crippen molar-refractivity contribution in [2.75, 3.05) is 13.1 Å². The molecule has 2 rings (SSSR count). The van der Waals surface area contributed by atoms with Crippen molar-refractivity contribution in [1.29, 1.82) is 0 Å². The van der Waals surface area contributed by atoms with Crippen LogP contribution in [0.25, 0.3) is 0 Å². The number of hydrogen-bond acceptors (Lipinski definition) is 5. The zero-order chi connectivity index (χ0) is 15.2. The monoisotopic (exact) mass is 288 g/mol. The van der Waals surface area contributed by atoms with Gasteiger partial charge in [0.25, 0.3) is 0 Å². The number of amides is 4. The largest absolute Gasteiger partial charge is 0.345 e. The van der Waals surface area contributed by atoms with Crippen LogP contribution < -0.4 is 5.32 Å². The lowest BCUT2D eigenvalue weighted by atomic mass is 10.1. The van der Waals surface area contributed by atoms with Crippen molar-refractivity contribution in [3.63, 3.8) is 0 Å². The van der Waals surface area contributed by atoms with E-state index in [9.17, 15) is 19.2 Å². The molecule has 0 aromatic heterocycles. The van der Waals surface area contributed by atoms with Crippen LogP contribution in [0.5, 0.6) is 0 Å². The molecule has 1 N–H and O–H groups in total. The van der Waals surface area contributed by atoms with Crippen LogP contribution in [0.3, 0.4) is 0 Å². The van der Waals surface area contributed by atoms with Gasteiger partial charge in [0.05, 0.1) is 6.54 Å². The first-order valence-corrected chi connectivity index (χ1v) is 6.05. The molecule has 1 aromatic carbocycles. The van der Waals surface area contributed by atoms with Crippen LogP contribution in [-0.2, 0) is 9.59 Å². The Bertz CT molecular complexity index is 599. The molecule has 1 heterocycles. The van der Waals surface area contributed by atoms with Crippen molar-refractivity contribution in [3.8, 4) is 0 Å². The van der Waals surface area contributed by atoms with Crippen LogP contribution >= 0.6 is 0 Å². The van der Waals surface area contributed by atoms with E-state index in [-0.39, 0.29) is 18.9 Å². The van der Waals surface area contributed by atoms with Gasteiger partial charge in [-0.2, -0.15) is 5.10 Å². The zero-order valence-electron chi connectivity index (χ0n) is 10.9. The third-order valence-corrected chi connectivity index (χ3v) is 2.67. The molecule has 0 bridgehead atoms. The fourth-order valence-corrected chi connectivity index (χ4v) is 1.64. The number of carbonyl (C=O) groups excluding carboxylic acids is 4. The Morgan fingerprint density at radius 1 is 1.33 bits per heavy atom. The summed E-state index contributed by atoms with van der Waals surface area (Å²) in [5.74, 6) is -0.744. The number of urea groups is 1. The minimum atomic E-state index is -0.670. The van der Waals surface area contributed by atoms with Gasteiger partial charge in [-0.25, -0.2) is 9.80 Å². The molecule has 0 aliphatic carbocycles. The lowest BCUT2D eigenvalue weighted by Gasteiger charge is -2.12. The van der Waals surface area contributed by atoms with Crippen molar-refractivity contribution in [2.24, 2.45) is 5.10 Å². The first-order chi connectivity index (χ1) is 10.1. The van der Waals surface area contributed by atoms with Gasteiger partial charge in [-0.1, -0.05) is 30.3 Å². The van der Waals surface area contributed by atoms with Crippen molar-refractivity contribution < 1.29 is 19.2 Å². The lowest BCUT2D eigenvalue weighted by molar-refractivity contribution is -0.118. The number of hydrazone groups is 1. The van der Waals surface area contributed by atoms with Gasteiger partial charge in [0.1, 0.15) is 12.9 Å². The Kier molecular flexibility index (Phi) is 4.39. The van der Waals surface area contributed by atoms with Crippen LogP contribution in [0.4, 0.5) is 4.79 Å². The summed E-state index contributed by atoms with van der Waals surface area (Å²) >= 11 is 0. The SMILES string of the molecule is O=CN(C=NN1CC(=O)NC1=O)CC(=O)c1ccccc1. The quantitative estimate of drug-likeness (QED) is 0.258. The third-order valence-electron chi connectivity index (χ3n) is 2.67. The average Bonchev–Trinajstić information content (AvgIpc) is 2.82. The Labute approximate surface area is 120 Å². The second kappa shape index (κ2) is 6.42. The summed E-state index contributed by atoms with van der Waals surface area (Å²) in [5.41, 5.74) is 0.465. The van der Waals surface area contributed by atoms with E-state index in [0.29, 0.717) is 12.0 Å². The summed E-state index contributed by atoms with van der Waals surface area (Å²) in [6.45, 7) is -0.422. The van der Waals surface area contributed by atoms with E-state index >= 15 is 0 Å². The molecule has 1 aliphatic heterocycles. The summed E-state index contributed by atoms with van der Waals surface area (Å²) in [7, 11) is 0. The number of hydrogen-bond donors (Lipinski definition) is 1. The highest BCUT2D eigenvalue weighted by Gasteiger charge is 2.26. The van der Waals surface area contributed by atoms with Gasteiger partial charge >= 0.3 is 6.03 Å². The molecule has 0 spiro atoms. The molecule has 1 fully saturated rings. The van der Waals surface area contributed by atoms with Gasteiger partial charge < -0.3 is 0 Å². The topological polar surface area (TPSA) is 99.2 Å². The minimum Gasteiger partial charge on any atom is -0.296 e. The molecule has 0 unspecified atom stereocenters. The molecule has 8 nitrogen and oxygen atoms in total. The number of imide groups is 1. The summed E-state index contributed by atoms with van der Waals surface area (Å²) < 4.78 is 0. The first-order valence-electron chi connectivity index (χ1n) is 6.05. The molecular formula is C13H12N4O4. The maximum atomic E-state index is 11.9. The number of Topliss-reactive ketones (excluding diaryl/α,β-unsaturated/α-hetero) is 1. The van der Waals surface area contributed by atoms with Gasteiger partial charge in [0.2, 0.25) is 12.3 Å². The maximum Gasteiger partial charge on any atom is 0.345 e. The third kappa shape index (κ3) is 3.72. The fourth-order valence-electron chi connectivity index (χ4n) is 1.64. The van der Waals surface area contributed by atoms with E-state index in [1.165, 1.54) is 0 Å². The summed E-state index contributed by atoms with van der Waals surface area (Å²) in [6.07, 6.45) is 1.45. The van der Waals surface area contributed by atoms with Crippen LogP contribution in [0, 0.1) is 0 Å². The van der Waals surface area contributed by atoms with E-state index in [2.05, 4.69) is 5.10 Å². The molecule has 1 aromatic rings. The zero-order valence-corrected chi connectivity index (χ0v) is 10.9. The molecule has 1 aliphatic rings. The Hall–Kier alpha value is -3.03. The number of nitrogens with one attached hydrogen (secondary N) is 1. The number of carbonyl (C=O) groups is 4. The van der Waals surface area contributed by atoms with Crippen LogP contribution in [0.15, 0.2) is 35.4 Å². The highest BCUT2D eigenvalue weighted by Crippen LogP contribution is 2.01. The summed E-state index contributed by atoms with van der Waals surface area (Å²) in [5, 5.41) is 6.59. The van der Waals surface area contributed by atoms with E-state index in [1.54, 1.807) is 30.3 Å². The standard InChI is InChI=1S/C13H12N4O4/c18-9-16(6-11(19)10-4-2-1-3-5-10)8-14-17-7-12(20)15-13(17)21/h1-5,8-9H,6-7H2,(H,15,20,21). The van der Waals surface area contributed by atoms with Gasteiger partial charge in [-0.3, -0.25) is 24.6 Å². The number of ketones is 1. The summed E-state index contributed by atoms with van der Waals surface area (Å²) in [6, 6.07) is 7.80. The Balaban J connectivity index is 1.97. The Morgan fingerprint density at radius 3 is 2.62 bits per heavy atom. The first kappa shape index (κ1) is 14.4. The van der Waals surface area contributed by atoms with Crippen molar-refractivity contribution >= 4 is 30.5 Å².